The maximum absolute atomic E-state index is 12.7. The van der Waals surface area contributed by atoms with Crippen molar-refractivity contribution in [1.29, 1.82) is 0 Å². The molecule has 0 atom stereocenters. The molecular formula is C28H31N5O2S. The van der Waals surface area contributed by atoms with Crippen LogP contribution >= 0.6 is 11.3 Å². The maximum atomic E-state index is 12.7. The van der Waals surface area contributed by atoms with Gasteiger partial charge in [0.1, 0.15) is 11.6 Å². The monoisotopic (exact) mass is 501 g/mol. The highest BCUT2D eigenvalue weighted by atomic mass is 32.1. The number of aromatic nitrogens is 4. The van der Waals surface area contributed by atoms with Crippen molar-refractivity contribution in [1.82, 2.24) is 24.0 Å². The molecule has 1 aliphatic heterocycles. The summed E-state index contributed by atoms with van der Waals surface area (Å²) in [7, 11) is 0. The van der Waals surface area contributed by atoms with Crippen LogP contribution in [-0.2, 0) is 17.9 Å². The summed E-state index contributed by atoms with van der Waals surface area (Å²) in [5.41, 5.74) is 1.25. The van der Waals surface area contributed by atoms with E-state index in [1.807, 2.05) is 53.3 Å². The number of hydrogen-bond donors (Lipinski definition) is 0. The maximum Gasteiger partial charge on any atom is 0.222 e. The molecule has 0 unspecified atom stereocenters. The normalized spacial score (nSPS) is 14.3. The summed E-state index contributed by atoms with van der Waals surface area (Å²) >= 11 is 1.46. The van der Waals surface area contributed by atoms with Gasteiger partial charge in [0.2, 0.25) is 5.91 Å². The lowest BCUT2D eigenvalue weighted by atomic mass is 9.95. The van der Waals surface area contributed by atoms with Gasteiger partial charge in [0.25, 0.3) is 0 Å². The first-order valence-corrected chi connectivity index (χ1v) is 13.4. The number of rotatable bonds is 10. The molecule has 36 heavy (non-hydrogen) atoms. The molecule has 1 saturated heterocycles. The van der Waals surface area contributed by atoms with Crippen molar-refractivity contribution in [2.75, 3.05) is 13.1 Å². The summed E-state index contributed by atoms with van der Waals surface area (Å²) in [6.45, 7) is 2.93. The van der Waals surface area contributed by atoms with Gasteiger partial charge in [0.05, 0.1) is 11.4 Å². The predicted molar refractivity (Wildman–Crippen MR) is 140 cm³/mol. The lowest BCUT2D eigenvalue weighted by Gasteiger charge is -2.32. The third-order valence-electron chi connectivity index (χ3n) is 6.86. The summed E-state index contributed by atoms with van der Waals surface area (Å²) in [6, 6.07) is 14.1. The number of nitrogens with zero attached hydrogens (tertiary/aromatic N) is 5. The summed E-state index contributed by atoms with van der Waals surface area (Å²) < 4.78 is 4.38. The van der Waals surface area contributed by atoms with Crippen LogP contribution in [0.25, 0.3) is 0 Å². The molecule has 1 aliphatic rings. The van der Waals surface area contributed by atoms with Crippen LogP contribution in [0, 0.1) is 0 Å². The standard InChI is InChI=1S/C28H31N5O2S/c34-24(25-9-5-19-36-25)8-4-10-27(35)31-15-11-23(12-16-31)28-30-14-18-33(28)21-26-29-13-17-32(26)20-22-6-2-1-3-7-22/h1-3,5-7,9,13-14,17-19,23H,4,8,10-12,15-16,20-21H2. The van der Waals surface area contributed by atoms with E-state index in [-0.39, 0.29) is 11.7 Å². The topological polar surface area (TPSA) is 73.0 Å². The predicted octanol–water partition coefficient (Wildman–Crippen LogP) is 5.00. The van der Waals surface area contributed by atoms with E-state index in [0.29, 0.717) is 31.7 Å². The number of Topliss-reactive ketones (excluding diaryl/α,β-unsaturated/α-hetero) is 1. The summed E-state index contributed by atoms with van der Waals surface area (Å²) in [5, 5.41) is 1.91. The molecule has 0 spiro atoms. The minimum Gasteiger partial charge on any atom is -0.343 e. The molecule has 4 aromatic rings. The molecule has 1 amide bonds. The molecule has 8 heteroatoms. The van der Waals surface area contributed by atoms with Crippen LogP contribution in [-0.4, -0.2) is 48.8 Å². The Kier molecular flexibility index (Phi) is 7.71. The van der Waals surface area contributed by atoms with Gasteiger partial charge in [-0.3, -0.25) is 9.59 Å². The molecule has 7 nitrogen and oxygen atoms in total. The van der Waals surface area contributed by atoms with Gasteiger partial charge in [-0.05, 0) is 36.3 Å². The molecule has 3 aromatic heterocycles. The van der Waals surface area contributed by atoms with Gasteiger partial charge in [0.15, 0.2) is 5.78 Å². The first-order chi connectivity index (χ1) is 17.7. The van der Waals surface area contributed by atoms with Crippen molar-refractivity contribution >= 4 is 23.0 Å². The van der Waals surface area contributed by atoms with Crippen LogP contribution in [0.5, 0.6) is 0 Å². The summed E-state index contributed by atoms with van der Waals surface area (Å²) in [4.78, 5) is 36.9. The fourth-order valence-electron chi connectivity index (χ4n) is 4.89. The highest BCUT2D eigenvalue weighted by Crippen LogP contribution is 2.28. The Morgan fingerprint density at radius 3 is 2.44 bits per heavy atom. The molecule has 4 heterocycles. The number of ketones is 1. The van der Waals surface area contributed by atoms with Crippen molar-refractivity contribution in [3.8, 4) is 0 Å². The molecule has 1 fully saturated rings. The molecule has 0 radical (unpaired) electrons. The average Bonchev–Trinajstić information content (AvgIpc) is 3.68. The van der Waals surface area contributed by atoms with Crippen molar-refractivity contribution < 1.29 is 9.59 Å². The largest absolute Gasteiger partial charge is 0.343 e. The Morgan fingerprint density at radius 2 is 1.67 bits per heavy atom. The smallest absolute Gasteiger partial charge is 0.222 e. The van der Waals surface area contributed by atoms with Crippen LogP contribution in [0.3, 0.4) is 0 Å². The first-order valence-electron chi connectivity index (χ1n) is 12.6. The zero-order chi connectivity index (χ0) is 24.7. The summed E-state index contributed by atoms with van der Waals surface area (Å²) in [5.74, 6) is 2.68. The Labute approximate surface area is 215 Å². The van der Waals surface area contributed by atoms with Crippen molar-refractivity contribution in [2.45, 2.75) is 51.1 Å². The summed E-state index contributed by atoms with van der Waals surface area (Å²) in [6.07, 6.45) is 11.0. The number of carbonyl (C=O) groups is 2. The number of amides is 1. The average molecular weight is 502 g/mol. The van der Waals surface area contributed by atoms with E-state index in [1.54, 1.807) is 0 Å². The van der Waals surface area contributed by atoms with Crippen LogP contribution in [0.1, 0.15) is 64.9 Å². The fourth-order valence-corrected chi connectivity index (χ4v) is 5.58. The molecular weight excluding hydrogens is 470 g/mol. The lowest BCUT2D eigenvalue weighted by molar-refractivity contribution is -0.132. The van der Waals surface area contributed by atoms with Gasteiger partial charge in [-0.2, -0.15) is 0 Å². The van der Waals surface area contributed by atoms with E-state index >= 15 is 0 Å². The number of benzene rings is 1. The van der Waals surface area contributed by atoms with Gasteiger partial charge in [0, 0.05) is 63.2 Å². The zero-order valence-corrected chi connectivity index (χ0v) is 21.1. The Hall–Kier alpha value is -3.52. The van der Waals surface area contributed by atoms with E-state index in [4.69, 9.17) is 0 Å². The molecule has 0 bridgehead atoms. The minimum absolute atomic E-state index is 0.132. The highest BCUT2D eigenvalue weighted by molar-refractivity contribution is 7.12. The molecule has 0 N–H and O–H groups in total. The van der Waals surface area contributed by atoms with Crippen molar-refractivity contribution in [3.63, 3.8) is 0 Å². The molecule has 5 rings (SSSR count). The van der Waals surface area contributed by atoms with Crippen molar-refractivity contribution in [2.24, 2.45) is 0 Å². The van der Waals surface area contributed by atoms with Crippen LogP contribution in [0.15, 0.2) is 72.6 Å². The quantitative estimate of drug-likeness (QED) is 0.287. The number of thiophene rings is 1. The number of hydrogen-bond acceptors (Lipinski definition) is 5. The SMILES string of the molecule is O=C(CCCC(=O)N1CCC(c2nccn2Cc2nccn2Cc2ccccc2)CC1)c1cccs1. The van der Waals surface area contributed by atoms with E-state index < -0.39 is 0 Å². The van der Waals surface area contributed by atoms with Crippen molar-refractivity contribution in [3.05, 3.63) is 94.7 Å². The second kappa shape index (κ2) is 11.5. The number of imidazole rings is 2. The first kappa shape index (κ1) is 24.2. The molecule has 0 aliphatic carbocycles. The van der Waals surface area contributed by atoms with Crippen LogP contribution in [0.2, 0.25) is 0 Å². The van der Waals surface area contributed by atoms with E-state index in [0.717, 1.165) is 49.0 Å². The van der Waals surface area contributed by atoms with E-state index in [1.165, 1.54) is 16.9 Å². The second-order valence-corrected chi connectivity index (χ2v) is 10.2. The Morgan fingerprint density at radius 1 is 0.889 bits per heavy atom. The lowest BCUT2D eigenvalue weighted by Crippen LogP contribution is -2.38. The van der Waals surface area contributed by atoms with Gasteiger partial charge >= 0.3 is 0 Å². The van der Waals surface area contributed by atoms with E-state index in [2.05, 4.69) is 43.4 Å². The number of carbonyl (C=O) groups excluding carboxylic acids is 2. The van der Waals surface area contributed by atoms with Crippen LogP contribution < -0.4 is 0 Å². The Balaban J connectivity index is 1.12. The van der Waals surface area contributed by atoms with Gasteiger partial charge in [-0.25, -0.2) is 9.97 Å². The van der Waals surface area contributed by atoms with Gasteiger partial charge in [-0.15, -0.1) is 11.3 Å². The van der Waals surface area contributed by atoms with E-state index in [9.17, 15) is 9.59 Å². The Bertz CT molecular complexity index is 1270. The van der Waals surface area contributed by atoms with Gasteiger partial charge in [-0.1, -0.05) is 36.4 Å². The number of piperidine rings is 1. The van der Waals surface area contributed by atoms with Crippen LogP contribution in [0.4, 0.5) is 0 Å². The zero-order valence-electron chi connectivity index (χ0n) is 20.3. The second-order valence-electron chi connectivity index (χ2n) is 9.28. The van der Waals surface area contributed by atoms with Gasteiger partial charge < -0.3 is 14.0 Å². The molecule has 0 saturated carbocycles. The molecule has 186 valence electrons. The molecule has 1 aromatic carbocycles. The third-order valence-corrected chi connectivity index (χ3v) is 7.77. The third kappa shape index (κ3) is 5.82. The minimum atomic E-state index is 0.132. The number of likely N-dealkylation sites (tertiary alicyclic amines) is 1. The highest BCUT2D eigenvalue weighted by Gasteiger charge is 2.26. The fraction of sp³-hybridized carbons (Fsp3) is 0.357.